The molecule has 138 valence electrons. The fourth-order valence-corrected chi connectivity index (χ4v) is 2.76. The van der Waals surface area contributed by atoms with Crippen molar-refractivity contribution in [1.29, 1.82) is 0 Å². The summed E-state index contributed by atoms with van der Waals surface area (Å²) in [6, 6.07) is -0.824. The highest BCUT2D eigenvalue weighted by atomic mass is 16.8. The Balaban J connectivity index is 2.12. The minimum atomic E-state index is -1.31. The first-order valence-electron chi connectivity index (χ1n) is 8.01. The van der Waals surface area contributed by atoms with Crippen LogP contribution in [0, 0.1) is 5.41 Å². The topological polar surface area (TPSA) is 103 Å². The summed E-state index contributed by atoms with van der Waals surface area (Å²) >= 11 is 0. The number of carbonyl (C=O) groups is 2. The van der Waals surface area contributed by atoms with E-state index in [0.29, 0.717) is 0 Å². The molecule has 2 aliphatic heterocycles. The second-order valence-corrected chi connectivity index (χ2v) is 7.78. The van der Waals surface area contributed by atoms with Crippen LogP contribution < -0.4 is 5.32 Å². The Labute approximate surface area is 141 Å². The molecule has 4 atom stereocenters. The second-order valence-electron chi connectivity index (χ2n) is 7.78. The first kappa shape index (κ1) is 19.1. The van der Waals surface area contributed by atoms with Crippen molar-refractivity contribution < 1.29 is 33.6 Å². The monoisotopic (exact) mass is 345 g/mol. The lowest BCUT2D eigenvalue weighted by atomic mass is 9.97. The molecule has 1 spiro atoms. The number of esters is 1. The minimum absolute atomic E-state index is 0.0473. The van der Waals surface area contributed by atoms with Gasteiger partial charge in [0.1, 0.15) is 31.5 Å². The van der Waals surface area contributed by atoms with Gasteiger partial charge in [-0.15, -0.1) is 0 Å². The summed E-state index contributed by atoms with van der Waals surface area (Å²) in [7, 11) is 0. The van der Waals surface area contributed by atoms with E-state index in [4.69, 9.17) is 18.9 Å². The molecule has 24 heavy (non-hydrogen) atoms. The minimum Gasteiger partial charge on any atom is -0.462 e. The van der Waals surface area contributed by atoms with E-state index in [1.54, 1.807) is 34.6 Å². The lowest BCUT2D eigenvalue weighted by Gasteiger charge is -2.30. The second kappa shape index (κ2) is 6.25. The molecule has 2 saturated heterocycles. The Morgan fingerprint density at radius 1 is 1.33 bits per heavy atom. The molecule has 0 unspecified atom stereocenters. The van der Waals surface area contributed by atoms with Crippen LogP contribution >= 0.6 is 0 Å². The van der Waals surface area contributed by atoms with Crippen molar-refractivity contribution in [2.75, 3.05) is 13.2 Å². The van der Waals surface area contributed by atoms with Gasteiger partial charge in [-0.25, -0.2) is 0 Å². The predicted molar refractivity (Wildman–Crippen MR) is 82.7 cm³/mol. The molecule has 2 rings (SSSR count). The summed E-state index contributed by atoms with van der Waals surface area (Å²) in [6.45, 7) is 9.89. The smallest absolute Gasteiger partial charge is 0.311 e. The lowest BCUT2D eigenvalue weighted by Crippen LogP contribution is -2.56. The van der Waals surface area contributed by atoms with Crippen LogP contribution in [-0.2, 0) is 28.5 Å². The summed E-state index contributed by atoms with van der Waals surface area (Å²) in [5, 5.41) is 13.2. The molecule has 1 amide bonds. The number of hydrogen-bond donors (Lipinski definition) is 2. The Hall–Kier alpha value is -1.22. The molecule has 0 aliphatic carbocycles. The quantitative estimate of drug-likeness (QED) is 0.710. The van der Waals surface area contributed by atoms with Crippen molar-refractivity contribution in [3.63, 3.8) is 0 Å². The summed E-state index contributed by atoms with van der Waals surface area (Å²) in [5.74, 6) is -2.96. The van der Waals surface area contributed by atoms with Gasteiger partial charge in [0.2, 0.25) is 11.7 Å². The van der Waals surface area contributed by atoms with E-state index in [1.165, 1.54) is 6.92 Å². The van der Waals surface area contributed by atoms with Crippen LogP contribution in [0.1, 0.15) is 41.5 Å². The van der Waals surface area contributed by atoms with Crippen LogP contribution in [0.25, 0.3) is 0 Å². The number of amides is 1. The van der Waals surface area contributed by atoms with Gasteiger partial charge in [0, 0.05) is 6.92 Å². The Bertz CT molecular complexity index is 513. The zero-order valence-electron chi connectivity index (χ0n) is 15.0. The van der Waals surface area contributed by atoms with E-state index in [9.17, 15) is 14.7 Å². The molecular formula is C16H27NO7. The molecule has 0 aromatic carbocycles. The van der Waals surface area contributed by atoms with Crippen molar-refractivity contribution in [2.45, 2.75) is 71.4 Å². The van der Waals surface area contributed by atoms with Crippen molar-refractivity contribution in [2.24, 2.45) is 5.41 Å². The first-order valence-corrected chi connectivity index (χ1v) is 8.01. The van der Waals surface area contributed by atoms with Crippen molar-refractivity contribution in [3.05, 3.63) is 0 Å². The number of carbonyl (C=O) groups excluding carboxylic acids is 2. The lowest BCUT2D eigenvalue weighted by molar-refractivity contribution is -0.254. The zero-order valence-corrected chi connectivity index (χ0v) is 15.0. The van der Waals surface area contributed by atoms with Crippen molar-refractivity contribution in [3.8, 4) is 0 Å². The van der Waals surface area contributed by atoms with Gasteiger partial charge in [-0.05, 0) is 34.6 Å². The molecule has 8 heteroatoms. The highest BCUT2D eigenvalue weighted by molar-refractivity contribution is 5.75. The highest BCUT2D eigenvalue weighted by Crippen LogP contribution is 2.41. The normalized spacial score (nSPS) is 35.2. The maximum absolute atomic E-state index is 11.9. The van der Waals surface area contributed by atoms with E-state index < -0.39 is 41.2 Å². The van der Waals surface area contributed by atoms with Gasteiger partial charge in [-0.2, -0.15) is 0 Å². The summed E-state index contributed by atoms with van der Waals surface area (Å²) in [5.41, 5.74) is -0.659. The zero-order chi connectivity index (χ0) is 18.3. The number of aliphatic hydroxyl groups is 1. The van der Waals surface area contributed by atoms with E-state index in [2.05, 4.69) is 5.32 Å². The standard InChI is InChI=1S/C16H27NO7/c1-9(18)17-12-11(19)10(7-21-13(20)14(2,3)4)23-16(12)8-22-15(5,6)24-16/h10-12,19H,7-8H2,1-6H3,(H,17,18)/t10-,11-,12-,16-/m1/s1. The average molecular weight is 345 g/mol. The number of hydrogen-bond acceptors (Lipinski definition) is 7. The van der Waals surface area contributed by atoms with Crippen LogP contribution in [0.4, 0.5) is 0 Å². The van der Waals surface area contributed by atoms with Crippen LogP contribution in [0.2, 0.25) is 0 Å². The maximum Gasteiger partial charge on any atom is 0.311 e. The number of aliphatic hydroxyl groups excluding tert-OH is 1. The van der Waals surface area contributed by atoms with Crippen LogP contribution in [0.3, 0.4) is 0 Å². The largest absolute Gasteiger partial charge is 0.462 e. The van der Waals surface area contributed by atoms with Gasteiger partial charge in [-0.1, -0.05) is 0 Å². The van der Waals surface area contributed by atoms with Crippen molar-refractivity contribution >= 4 is 11.9 Å². The van der Waals surface area contributed by atoms with Gasteiger partial charge >= 0.3 is 5.97 Å². The van der Waals surface area contributed by atoms with E-state index in [1.807, 2.05) is 0 Å². The van der Waals surface area contributed by atoms with E-state index in [-0.39, 0.29) is 19.1 Å². The number of ether oxygens (including phenoxy) is 4. The van der Waals surface area contributed by atoms with E-state index >= 15 is 0 Å². The summed E-state index contributed by atoms with van der Waals surface area (Å²) in [4.78, 5) is 23.4. The van der Waals surface area contributed by atoms with Crippen LogP contribution in [0.5, 0.6) is 0 Å². The fourth-order valence-electron chi connectivity index (χ4n) is 2.76. The molecule has 0 aromatic heterocycles. The average Bonchev–Trinajstić information content (AvgIpc) is 2.86. The molecule has 2 aliphatic rings. The number of rotatable bonds is 3. The molecule has 2 fully saturated rings. The molecule has 0 aromatic rings. The molecule has 0 saturated carbocycles. The third-order valence-electron chi connectivity index (χ3n) is 3.94. The van der Waals surface area contributed by atoms with Gasteiger partial charge in [0.25, 0.3) is 0 Å². The van der Waals surface area contributed by atoms with Gasteiger partial charge in [0.15, 0.2) is 5.79 Å². The van der Waals surface area contributed by atoms with Gasteiger partial charge in [-0.3, -0.25) is 9.59 Å². The van der Waals surface area contributed by atoms with Gasteiger partial charge < -0.3 is 29.4 Å². The van der Waals surface area contributed by atoms with Crippen molar-refractivity contribution in [1.82, 2.24) is 5.32 Å². The molecule has 0 radical (unpaired) electrons. The fraction of sp³-hybridized carbons (Fsp3) is 0.875. The third-order valence-corrected chi connectivity index (χ3v) is 3.94. The summed E-state index contributed by atoms with van der Waals surface area (Å²) < 4.78 is 22.5. The SMILES string of the molecule is CC(=O)N[C@@H]1[C@H](O)[C@@H](COC(=O)C(C)(C)C)O[C@@]12COC(C)(C)O2. The van der Waals surface area contributed by atoms with Gasteiger partial charge in [0.05, 0.1) is 5.41 Å². The van der Waals surface area contributed by atoms with Crippen LogP contribution in [-0.4, -0.2) is 60.0 Å². The Morgan fingerprint density at radius 3 is 2.42 bits per heavy atom. The Kier molecular flexibility index (Phi) is 4.98. The molecular weight excluding hydrogens is 318 g/mol. The third kappa shape index (κ3) is 3.88. The first-order chi connectivity index (χ1) is 10.9. The number of nitrogens with one attached hydrogen (secondary N) is 1. The molecule has 2 heterocycles. The molecule has 0 bridgehead atoms. The molecule has 8 nitrogen and oxygen atoms in total. The summed E-state index contributed by atoms with van der Waals surface area (Å²) in [6.07, 6.45) is -1.93. The van der Waals surface area contributed by atoms with E-state index in [0.717, 1.165) is 0 Å². The highest BCUT2D eigenvalue weighted by Gasteiger charge is 2.62. The maximum atomic E-state index is 11.9. The van der Waals surface area contributed by atoms with Crippen LogP contribution in [0.15, 0.2) is 0 Å². The predicted octanol–water partition coefficient (Wildman–Crippen LogP) is 0.319. The molecule has 2 N–H and O–H groups in total. The Morgan fingerprint density at radius 2 is 1.96 bits per heavy atom.